The molecule has 6 heteroatoms. The molecule has 0 saturated heterocycles. The molecule has 2 amide bonds. The Morgan fingerprint density at radius 2 is 1.60 bits per heavy atom. The summed E-state index contributed by atoms with van der Waals surface area (Å²) in [6.07, 6.45) is 2.02. The summed E-state index contributed by atoms with van der Waals surface area (Å²) in [5, 5.41) is 10.4. The van der Waals surface area contributed by atoms with Gasteiger partial charge < -0.3 is 9.84 Å². The molecule has 3 aliphatic rings. The van der Waals surface area contributed by atoms with Crippen molar-refractivity contribution in [3.8, 4) is 0 Å². The molecular weight excluding hydrogens is 262 g/mol. The maximum atomic E-state index is 11.3. The second-order valence-electron chi connectivity index (χ2n) is 6.30. The largest absolute Gasteiger partial charge is 0.506 e. The summed E-state index contributed by atoms with van der Waals surface area (Å²) in [6, 6.07) is 0. The lowest BCUT2D eigenvalue weighted by Crippen LogP contribution is -2.26. The number of hydrogen-bond donors (Lipinski definition) is 2. The highest BCUT2D eigenvalue weighted by atomic mass is 16.7. The van der Waals surface area contributed by atoms with Gasteiger partial charge >= 0.3 is 6.16 Å². The molecule has 2 bridgehead atoms. The Morgan fingerprint density at radius 1 is 1.15 bits per heavy atom. The average molecular weight is 281 g/mol. The molecule has 1 saturated carbocycles. The molecule has 1 aliphatic heterocycles. The molecule has 110 valence electrons. The summed E-state index contributed by atoms with van der Waals surface area (Å²) in [6.45, 7) is 5.04. The van der Waals surface area contributed by atoms with E-state index in [2.05, 4.69) is 10.1 Å². The van der Waals surface area contributed by atoms with Gasteiger partial charge in [-0.05, 0) is 51.9 Å². The van der Waals surface area contributed by atoms with E-state index in [0.29, 0.717) is 11.8 Å². The van der Waals surface area contributed by atoms with Gasteiger partial charge in [0.05, 0.1) is 0 Å². The van der Waals surface area contributed by atoms with E-state index in [9.17, 15) is 14.4 Å². The number of carboxylic acid groups (broad SMARTS) is 1. The monoisotopic (exact) mass is 281 g/mol. The van der Waals surface area contributed by atoms with Crippen LogP contribution in [-0.4, -0.2) is 28.7 Å². The van der Waals surface area contributed by atoms with E-state index in [-0.39, 0.29) is 11.8 Å². The highest BCUT2D eigenvalue weighted by Crippen LogP contribution is 2.50. The number of carbonyl (C=O) groups is 3. The van der Waals surface area contributed by atoms with E-state index >= 15 is 0 Å². The quantitative estimate of drug-likeness (QED) is 0.522. The number of rotatable bonds is 0. The second-order valence-corrected chi connectivity index (χ2v) is 6.30. The van der Waals surface area contributed by atoms with Crippen LogP contribution in [0.2, 0.25) is 0 Å². The lowest BCUT2D eigenvalue weighted by molar-refractivity contribution is -0.124. The van der Waals surface area contributed by atoms with Crippen LogP contribution in [0, 0.1) is 11.8 Å². The molecule has 0 spiro atoms. The first kappa shape index (κ1) is 14.6. The summed E-state index contributed by atoms with van der Waals surface area (Å²) in [4.78, 5) is 32.3. The molecule has 3 rings (SSSR count). The van der Waals surface area contributed by atoms with Gasteiger partial charge in [0.2, 0.25) is 0 Å². The standard InChI is InChI=1S/C9H9NO2.C5H10O3/c11-8-6-4-1-2-5(3-4)7(6)9(12)10-8;1-5(2,3)8-4(6)7/h4-5H,1-3H2,(H,10,11,12);1-3H3,(H,6,7). The van der Waals surface area contributed by atoms with Crippen molar-refractivity contribution in [3.05, 3.63) is 11.1 Å². The first-order chi connectivity index (χ1) is 9.19. The fourth-order valence-electron chi connectivity index (χ4n) is 3.06. The van der Waals surface area contributed by atoms with Gasteiger partial charge in [0.25, 0.3) is 11.8 Å². The van der Waals surface area contributed by atoms with Crippen LogP contribution in [0.25, 0.3) is 0 Å². The van der Waals surface area contributed by atoms with Gasteiger partial charge in [-0.25, -0.2) is 4.79 Å². The lowest BCUT2D eigenvalue weighted by Gasteiger charge is -2.15. The Balaban J connectivity index is 0.000000163. The summed E-state index contributed by atoms with van der Waals surface area (Å²) >= 11 is 0. The molecule has 1 heterocycles. The van der Waals surface area contributed by atoms with E-state index < -0.39 is 11.8 Å². The van der Waals surface area contributed by atoms with Crippen LogP contribution >= 0.6 is 0 Å². The number of fused-ring (bicyclic) bond motifs is 4. The molecule has 2 unspecified atom stereocenters. The van der Waals surface area contributed by atoms with Gasteiger partial charge in [0.15, 0.2) is 0 Å². The molecule has 2 N–H and O–H groups in total. The summed E-state index contributed by atoms with van der Waals surface area (Å²) in [5.41, 5.74) is 1.05. The number of amides is 2. The molecule has 0 aromatic heterocycles. The van der Waals surface area contributed by atoms with Crippen molar-refractivity contribution in [3.63, 3.8) is 0 Å². The minimum atomic E-state index is -1.22. The third-order valence-corrected chi connectivity index (χ3v) is 3.65. The Labute approximate surface area is 117 Å². The average Bonchev–Trinajstić information content (AvgIpc) is 2.90. The highest BCUT2D eigenvalue weighted by molar-refractivity contribution is 6.20. The number of hydrogen-bond acceptors (Lipinski definition) is 4. The molecule has 2 atom stereocenters. The second kappa shape index (κ2) is 4.92. The molecular formula is C14H19NO5. The van der Waals surface area contributed by atoms with Gasteiger partial charge in [-0.15, -0.1) is 0 Å². The third-order valence-electron chi connectivity index (χ3n) is 3.65. The van der Waals surface area contributed by atoms with Crippen LogP contribution in [0.3, 0.4) is 0 Å². The van der Waals surface area contributed by atoms with Gasteiger partial charge in [0.1, 0.15) is 5.60 Å². The van der Waals surface area contributed by atoms with Crippen molar-refractivity contribution in [1.82, 2.24) is 5.32 Å². The maximum absolute atomic E-state index is 11.3. The molecule has 20 heavy (non-hydrogen) atoms. The molecule has 1 fully saturated rings. The third kappa shape index (κ3) is 2.84. The first-order valence-corrected chi connectivity index (χ1v) is 6.70. The van der Waals surface area contributed by atoms with Crippen molar-refractivity contribution in [2.75, 3.05) is 0 Å². The minimum absolute atomic E-state index is 0.123. The summed E-state index contributed by atoms with van der Waals surface area (Å²) < 4.78 is 4.35. The van der Waals surface area contributed by atoms with Gasteiger partial charge in [0, 0.05) is 11.1 Å². The van der Waals surface area contributed by atoms with E-state index in [0.717, 1.165) is 30.4 Å². The van der Waals surface area contributed by atoms with Crippen LogP contribution < -0.4 is 5.32 Å². The fraction of sp³-hybridized carbons (Fsp3) is 0.643. The van der Waals surface area contributed by atoms with Gasteiger partial charge in [-0.3, -0.25) is 14.9 Å². The van der Waals surface area contributed by atoms with Crippen LogP contribution in [0.15, 0.2) is 11.1 Å². The van der Waals surface area contributed by atoms with Crippen LogP contribution in [0.1, 0.15) is 40.0 Å². The van der Waals surface area contributed by atoms with Gasteiger partial charge in [-0.2, -0.15) is 0 Å². The highest BCUT2D eigenvalue weighted by Gasteiger charge is 2.48. The van der Waals surface area contributed by atoms with Crippen molar-refractivity contribution in [2.24, 2.45) is 11.8 Å². The number of ether oxygens (including phenoxy) is 1. The molecule has 2 aliphatic carbocycles. The zero-order valence-electron chi connectivity index (χ0n) is 11.9. The molecule has 0 radical (unpaired) electrons. The maximum Gasteiger partial charge on any atom is 0.506 e. The number of imide groups is 1. The SMILES string of the molecule is CC(C)(C)OC(=O)O.O=C1NC(=O)C2=C1C1CCC2C1. The fourth-order valence-corrected chi connectivity index (χ4v) is 3.06. The molecule has 0 aromatic carbocycles. The predicted molar refractivity (Wildman–Crippen MR) is 69.9 cm³/mol. The first-order valence-electron chi connectivity index (χ1n) is 6.70. The minimum Gasteiger partial charge on any atom is -0.450 e. The van der Waals surface area contributed by atoms with Crippen LogP contribution in [0.5, 0.6) is 0 Å². The van der Waals surface area contributed by atoms with E-state index in [1.165, 1.54) is 0 Å². The van der Waals surface area contributed by atoms with E-state index in [1.807, 2.05) is 0 Å². The molecule has 6 nitrogen and oxygen atoms in total. The summed E-state index contributed by atoms with van der Waals surface area (Å²) in [5.74, 6) is 0.553. The summed E-state index contributed by atoms with van der Waals surface area (Å²) in [7, 11) is 0. The Morgan fingerprint density at radius 3 is 1.90 bits per heavy atom. The van der Waals surface area contributed by atoms with Crippen molar-refractivity contribution >= 4 is 18.0 Å². The van der Waals surface area contributed by atoms with Crippen molar-refractivity contribution < 1.29 is 24.2 Å². The van der Waals surface area contributed by atoms with Crippen LogP contribution in [-0.2, 0) is 14.3 Å². The number of nitrogens with one attached hydrogen (secondary N) is 1. The van der Waals surface area contributed by atoms with Crippen LogP contribution in [0.4, 0.5) is 4.79 Å². The Kier molecular flexibility index (Phi) is 3.58. The van der Waals surface area contributed by atoms with Gasteiger partial charge in [-0.1, -0.05) is 0 Å². The van der Waals surface area contributed by atoms with E-state index in [1.54, 1.807) is 20.8 Å². The predicted octanol–water partition coefficient (Wildman–Crippen LogP) is 1.85. The lowest BCUT2D eigenvalue weighted by atomic mass is 9.93. The zero-order valence-corrected chi connectivity index (χ0v) is 11.9. The normalized spacial score (nSPS) is 26.9. The smallest absolute Gasteiger partial charge is 0.450 e. The van der Waals surface area contributed by atoms with E-state index in [4.69, 9.17) is 5.11 Å². The molecule has 0 aromatic rings. The zero-order chi connectivity index (χ0) is 15.1. The van der Waals surface area contributed by atoms with Crippen molar-refractivity contribution in [1.29, 1.82) is 0 Å². The number of carbonyl (C=O) groups excluding carboxylic acids is 2. The van der Waals surface area contributed by atoms with Crippen molar-refractivity contribution in [2.45, 2.75) is 45.6 Å². The Hall–Kier alpha value is -1.85. The Bertz CT molecular complexity index is 470. The topological polar surface area (TPSA) is 92.7 Å².